The minimum absolute atomic E-state index is 0.0193. The first kappa shape index (κ1) is 42.5. The molecule has 9 atom stereocenters. The number of aliphatic hydroxyl groups excluding tert-OH is 1. The van der Waals surface area contributed by atoms with E-state index < -0.39 is 28.9 Å². The van der Waals surface area contributed by atoms with Crippen LogP contribution in [0.2, 0.25) is 0 Å². The second-order valence-electron chi connectivity index (χ2n) is 21.0. The van der Waals surface area contributed by atoms with E-state index in [1.807, 2.05) is 11.6 Å². The van der Waals surface area contributed by atoms with E-state index >= 15 is 0 Å². The van der Waals surface area contributed by atoms with Crippen LogP contribution in [0.1, 0.15) is 132 Å². The number of fused-ring (bicyclic) bond motifs is 7. The molecule has 4 fully saturated rings. The quantitative estimate of drug-likeness (QED) is 0.191. The molecule has 0 aliphatic heterocycles. The molecule has 0 spiro atoms. The van der Waals surface area contributed by atoms with Crippen molar-refractivity contribution in [3.05, 3.63) is 27.7 Å². The van der Waals surface area contributed by atoms with Crippen LogP contribution >= 0.6 is 11.3 Å². The molecular formula is C45H71N3O6S. The number of carbonyl (C=O) groups is 3. The largest absolute Gasteiger partial charge is 0.481 e. The van der Waals surface area contributed by atoms with Gasteiger partial charge in [0.05, 0.1) is 24.5 Å². The Hall–Kier alpha value is -2.14. The van der Waals surface area contributed by atoms with Crippen molar-refractivity contribution in [1.29, 1.82) is 0 Å². The first-order valence-corrected chi connectivity index (χ1v) is 22.1. The van der Waals surface area contributed by atoms with Gasteiger partial charge in [0.15, 0.2) is 5.78 Å². The van der Waals surface area contributed by atoms with Crippen molar-refractivity contribution in [1.82, 2.24) is 14.8 Å². The number of aliphatic hydroxyl groups is 1. The normalized spacial score (nSPS) is 36.4. The number of likely N-dealkylation sites (N-methyl/N-ethyl adjacent to an activating group) is 1. The number of carboxylic acids is 1. The van der Waals surface area contributed by atoms with Crippen LogP contribution in [-0.4, -0.2) is 88.7 Å². The van der Waals surface area contributed by atoms with E-state index in [-0.39, 0.29) is 51.8 Å². The summed E-state index contributed by atoms with van der Waals surface area (Å²) in [6.45, 7) is 22.6. The van der Waals surface area contributed by atoms with Gasteiger partial charge in [-0.1, -0.05) is 54.0 Å². The lowest BCUT2D eigenvalue weighted by Gasteiger charge is -2.72. The number of ether oxygens (including phenoxy) is 1. The highest BCUT2D eigenvalue weighted by Gasteiger charge is 2.71. The summed E-state index contributed by atoms with van der Waals surface area (Å²) in [6.07, 6.45) is 9.08. The molecule has 0 bridgehead atoms. The summed E-state index contributed by atoms with van der Waals surface area (Å²) < 4.78 is 6.19. The molecule has 1 aromatic rings. The van der Waals surface area contributed by atoms with E-state index in [1.165, 1.54) is 5.57 Å². The van der Waals surface area contributed by atoms with Gasteiger partial charge < -0.3 is 19.8 Å². The molecule has 0 saturated heterocycles. The van der Waals surface area contributed by atoms with Crippen molar-refractivity contribution >= 4 is 29.1 Å². The minimum Gasteiger partial charge on any atom is -0.481 e. The first-order valence-electron chi connectivity index (χ1n) is 21.2. The van der Waals surface area contributed by atoms with Gasteiger partial charge >= 0.3 is 11.9 Å². The standard InChI is InChI=1S/C45H71N3O6S/c1-28(2)37-30(49)24-45(33(50)26-48(22-21-47(10)11)27-35-46-20-23-55-35)19-18-43(8)29(38(37)45)12-13-32-42(7)16-15-34(54-36(51)25-40(3,4)39(52)53)41(5,6)31(42)14-17-44(32,43)9/h20,23,28-29,31-34,50H,12-19,21-22,24-27H2,1-11H3,(H,52,53)/t29-,31-,32-,33+,34+,42+,43-,44-,45+/m1/s1. The van der Waals surface area contributed by atoms with Crippen molar-refractivity contribution in [2.24, 2.45) is 56.2 Å². The Morgan fingerprint density at radius 3 is 2.31 bits per heavy atom. The number of Topliss-reactive ketones (excluding diaryl/α,β-unsaturated/α-hetero) is 1. The predicted octanol–water partition coefficient (Wildman–Crippen LogP) is 8.26. The highest BCUT2D eigenvalue weighted by molar-refractivity contribution is 7.09. The van der Waals surface area contributed by atoms with E-state index in [1.54, 1.807) is 25.2 Å². The Bertz CT molecular complexity index is 1650. The van der Waals surface area contributed by atoms with Gasteiger partial charge in [-0.05, 0) is 125 Å². The molecule has 1 heterocycles. The number of carboxylic acid groups (broad SMARTS) is 1. The van der Waals surface area contributed by atoms with Crippen molar-refractivity contribution in [2.75, 3.05) is 33.7 Å². The van der Waals surface area contributed by atoms with Crippen LogP contribution in [0.3, 0.4) is 0 Å². The summed E-state index contributed by atoms with van der Waals surface area (Å²) in [5, 5.41) is 25.3. The average molecular weight is 782 g/mol. The number of hydrogen-bond acceptors (Lipinski definition) is 9. The number of rotatable bonds is 13. The first-order chi connectivity index (χ1) is 25.5. The maximum Gasteiger partial charge on any atom is 0.309 e. The summed E-state index contributed by atoms with van der Waals surface area (Å²) in [7, 11) is 4.17. The third-order valence-electron chi connectivity index (χ3n) is 16.6. The molecule has 0 radical (unpaired) electrons. The fourth-order valence-electron chi connectivity index (χ4n) is 13.4. The van der Waals surface area contributed by atoms with Crippen LogP contribution in [0.4, 0.5) is 0 Å². The second kappa shape index (κ2) is 14.9. The molecule has 6 rings (SSSR count). The Balaban J connectivity index is 1.28. The van der Waals surface area contributed by atoms with E-state index in [4.69, 9.17) is 4.74 Å². The summed E-state index contributed by atoms with van der Waals surface area (Å²) in [5.41, 5.74) is 0.453. The lowest BCUT2D eigenvalue weighted by molar-refractivity contribution is -0.235. The molecule has 2 N–H and O–H groups in total. The number of hydrogen-bond donors (Lipinski definition) is 2. The van der Waals surface area contributed by atoms with Gasteiger partial charge in [0.1, 0.15) is 11.1 Å². The molecule has 9 nitrogen and oxygen atoms in total. The Kier molecular flexibility index (Phi) is 11.5. The minimum atomic E-state index is -1.17. The van der Waals surface area contributed by atoms with Crippen LogP contribution in [0.15, 0.2) is 22.7 Å². The highest BCUT2D eigenvalue weighted by Crippen LogP contribution is 2.77. The van der Waals surface area contributed by atoms with Gasteiger partial charge in [-0.15, -0.1) is 11.3 Å². The average Bonchev–Trinajstić information content (AvgIpc) is 3.70. The zero-order valence-corrected chi connectivity index (χ0v) is 36.6. The lowest BCUT2D eigenvalue weighted by atomic mass is 9.33. The molecule has 1 aromatic heterocycles. The number of carbonyl (C=O) groups excluding carboxylic acids is 2. The monoisotopic (exact) mass is 782 g/mol. The molecule has 4 saturated carbocycles. The van der Waals surface area contributed by atoms with Gasteiger partial charge in [-0.25, -0.2) is 4.98 Å². The molecule has 5 aliphatic rings. The fourth-order valence-corrected chi connectivity index (χ4v) is 14.1. The van der Waals surface area contributed by atoms with Crippen LogP contribution < -0.4 is 0 Å². The zero-order valence-electron chi connectivity index (χ0n) is 35.8. The molecule has 0 unspecified atom stereocenters. The number of ketones is 1. The molecular weight excluding hydrogens is 711 g/mol. The molecule has 0 amide bonds. The predicted molar refractivity (Wildman–Crippen MR) is 217 cm³/mol. The van der Waals surface area contributed by atoms with E-state index in [0.29, 0.717) is 31.3 Å². The van der Waals surface area contributed by atoms with Crippen LogP contribution in [0.5, 0.6) is 0 Å². The van der Waals surface area contributed by atoms with Crippen molar-refractivity contribution < 1.29 is 29.3 Å². The van der Waals surface area contributed by atoms with Crippen molar-refractivity contribution in [2.45, 2.75) is 145 Å². The van der Waals surface area contributed by atoms with E-state index in [9.17, 15) is 24.6 Å². The highest BCUT2D eigenvalue weighted by atomic mass is 32.1. The number of allylic oxidation sites excluding steroid dienone is 1. The third-order valence-corrected chi connectivity index (χ3v) is 17.4. The van der Waals surface area contributed by atoms with Gasteiger partial charge in [-0.2, -0.15) is 0 Å². The summed E-state index contributed by atoms with van der Waals surface area (Å²) >= 11 is 1.65. The third kappa shape index (κ3) is 7.09. The maximum absolute atomic E-state index is 14.3. The number of thiazole rings is 1. The molecule has 0 aromatic carbocycles. The summed E-state index contributed by atoms with van der Waals surface area (Å²) in [4.78, 5) is 48.3. The van der Waals surface area contributed by atoms with Crippen LogP contribution in [0, 0.1) is 56.2 Å². The van der Waals surface area contributed by atoms with Gasteiger partial charge in [0, 0.05) is 48.5 Å². The topological polar surface area (TPSA) is 120 Å². The number of esters is 1. The Labute approximate surface area is 335 Å². The van der Waals surface area contributed by atoms with Gasteiger partial charge in [0.25, 0.3) is 0 Å². The molecule has 55 heavy (non-hydrogen) atoms. The van der Waals surface area contributed by atoms with Gasteiger partial charge in [-0.3, -0.25) is 19.3 Å². The lowest BCUT2D eigenvalue weighted by Crippen LogP contribution is -2.66. The van der Waals surface area contributed by atoms with Crippen molar-refractivity contribution in [3.63, 3.8) is 0 Å². The SMILES string of the molecule is CC(C)C1=C2[C@H]3CC[C@@H]4[C@@]5(C)CC[C@H](OC(=O)CC(C)(C)C(=O)O)C(C)(C)[C@H]5CC[C@@]4(C)[C@]3(C)CC[C@@]2([C@@H](O)CN(CCN(C)C)Cc2nccs2)CC1=O. The summed E-state index contributed by atoms with van der Waals surface area (Å²) in [6, 6.07) is 0. The number of aromatic nitrogens is 1. The smallest absolute Gasteiger partial charge is 0.309 e. The zero-order chi connectivity index (χ0) is 40.5. The molecule has 5 aliphatic carbocycles. The Morgan fingerprint density at radius 2 is 1.69 bits per heavy atom. The van der Waals surface area contributed by atoms with Crippen LogP contribution in [-0.2, 0) is 25.7 Å². The second-order valence-corrected chi connectivity index (χ2v) is 22.0. The maximum atomic E-state index is 14.3. The van der Waals surface area contributed by atoms with Crippen molar-refractivity contribution in [3.8, 4) is 0 Å². The Morgan fingerprint density at radius 1 is 0.982 bits per heavy atom. The number of aliphatic carboxylic acids is 1. The molecule has 10 heteroatoms. The van der Waals surface area contributed by atoms with Crippen LogP contribution in [0.25, 0.3) is 0 Å². The number of nitrogens with zero attached hydrogens (tertiary/aromatic N) is 3. The fraction of sp³-hybridized carbons (Fsp3) is 0.822. The summed E-state index contributed by atoms with van der Waals surface area (Å²) in [5.74, 6) is 0.0517. The van der Waals surface area contributed by atoms with E-state index in [0.717, 1.165) is 75.0 Å². The molecule has 308 valence electrons. The van der Waals surface area contributed by atoms with Gasteiger partial charge in [0.2, 0.25) is 0 Å². The van der Waals surface area contributed by atoms with E-state index in [2.05, 4.69) is 77.3 Å².